The first kappa shape index (κ1) is 20.6. The van der Waals surface area contributed by atoms with Gasteiger partial charge in [0.15, 0.2) is 0 Å². The molecule has 1 aliphatic rings. The largest absolute Gasteiger partial charge is 0.497 e. The summed E-state index contributed by atoms with van der Waals surface area (Å²) in [4.78, 5) is 4.25. The van der Waals surface area contributed by atoms with Gasteiger partial charge in [-0.05, 0) is 59.7 Å². The summed E-state index contributed by atoms with van der Waals surface area (Å²) >= 11 is 0. The molecule has 1 fully saturated rings. The number of nitrogens with zero attached hydrogens (tertiary/aromatic N) is 2. The van der Waals surface area contributed by atoms with Gasteiger partial charge in [-0.3, -0.25) is 4.98 Å². The van der Waals surface area contributed by atoms with Gasteiger partial charge >= 0.3 is 0 Å². The average Bonchev–Trinajstić information content (AvgIpc) is 2.73. The van der Waals surface area contributed by atoms with E-state index in [1.54, 1.807) is 18.5 Å². The lowest BCUT2D eigenvalue weighted by Crippen LogP contribution is -2.41. The van der Waals surface area contributed by atoms with Gasteiger partial charge in [0.25, 0.3) is 0 Å². The second-order valence-electron chi connectivity index (χ2n) is 7.58. The lowest BCUT2D eigenvalue weighted by atomic mass is 9.99. The minimum Gasteiger partial charge on any atom is -0.497 e. The number of fused-ring (bicyclic) bond motifs is 1. The molecule has 0 unspecified atom stereocenters. The standard InChI is InChI=1S/C22H24FN3O3S/c1-29-20-11-17(10-18(23)13-20)16-9-15-3-6-24-14-21(15)22(12-16)25-19-4-7-26(8-5-19)30(2,27)28/h3,6,9-14,19,25H,4-5,7-8H2,1-2H3. The number of sulfonamides is 1. The molecular formula is C22H24FN3O3S. The van der Waals surface area contributed by atoms with Gasteiger partial charge in [-0.15, -0.1) is 0 Å². The van der Waals surface area contributed by atoms with E-state index in [9.17, 15) is 12.8 Å². The maximum atomic E-state index is 14.1. The number of methoxy groups -OCH3 is 1. The van der Waals surface area contributed by atoms with E-state index in [2.05, 4.69) is 10.3 Å². The number of hydrogen-bond donors (Lipinski definition) is 1. The van der Waals surface area contributed by atoms with Crippen molar-refractivity contribution in [2.45, 2.75) is 18.9 Å². The van der Waals surface area contributed by atoms with Crippen molar-refractivity contribution >= 4 is 26.5 Å². The number of rotatable bonds is 5. The van der Waals surface area contributed by atoms with Crippen molar-refractivity contribution in [2.75, 3.05) is 31.8 Å². The number of halogens is 1. The van der Waals surface area contributed by atoms with Crippen LogP contribution in [0.5, 0.6) is 5.75 Å². The van der Waals surface area contributed by atoms with E-state index >= 15 is 0 Å². The van der Waals surface area contributed by atoms with Gasteiger partial charge in [0.1, 0.15) is 11.6 Å². The third-order valence-electron chi connectivity index (χ3n) is 5.48. The van der Waals surface area contributed by atoms with Crippen molar-refractivity contribution in [3.05, 3.63) is 54.6 Å². The van der Waals surface area contributed by atoms with E-state index in [4.69, 9.17) is 4.74 Å². The zero-order valence-electron chi connectivity index (χ0n) is 16.9. The molecule has 0 bridgehead atoms. The molecule has 1 aromatic heterocycles. The van der Waals surface area contributed by atoms with Crippen molar-refractivity contribution in [3.63, 3.8) is 0 Å². The summed E-state index contributed by atoms with van der Waals surface area (Å²) in [6.45, 7) is 0.987. The van der Waals surface area contributed by atoms with E-state index in [1.165, 1.54) is 29.8 Å². The molecule has 1 aliphatic heterocycles. The van der Waals surface area contributed by atoms with E-state index in [0.29, 0.717) is 31.7 Å². The first-order chi connectivity index (χ1) is 14.3. The first-order valence-corrected chi connectivity index (χ1v) is 11.6. The van der Waals surface area contributed by atoms with Crippen LogP contribution in [0.4, 0.5) is 10.1 Å². The third kappa shape index (κ3) is 4.39. The highest BCUT2D eigenvalue weighted by molar-refractivity contribution is 7.88. The molecule has 1 N–H and O–H groups in total. The Morgan fingerprint density at radius 3 is 2.57 bits per heavy atom. The Morgan fingerprint density at radius 2 is 1.87 bits per heavy atom. The summed E-state index contributed by atoms with van der Waals surface area (Å²) in [7, 11) is -1.65. The Kier molecular flexibility index (Phi) is 5.62. The van der Waals surface area contributed by atoms with Gasteiger partial charge in [0.2, 0.25) is 10.0 Å². The molecule has 2 aromatic carbocycles. The van der Waals surface area contributed by atoms with Crippen LogP contribution < -0.4 is 10.1 Å². The van der Waals surface area contributed by atoms with Crippen molar-refractivity contribution in [1.29, 1.82) is 0 Å². The zero-order chi connectivity index (χ0) is 21.3. The van der Waals surface area contributed by atoms with Crippen molar-refractivity contribution in [1.82, 2.24) is 9.29 Å². The molecular weight excluding hydrogens is 405 g/mol. The third-order valence-corrected chi connectivity index (χ3v) is 6.78. The molecule has 0 aliphatic carbocycles. The lowest BCUT2D eigenvalue weighted by molar-refractivity contribution is 0.332. The number of anilines is 1. The fraction of sp³-hybridized carbons (Fsp3) is 0.318. The molecule has 0 saturated carbocycles. The summed E-state index contributed by atoms with van der Waals surface area (Å²) in [5.74, 6) is 0.101. The SMILES string of the molecule is COc1cc(F)cc(-c2cc(NC3CCN(S(C)(=O)=O)CC3)c3cnccc3c2)c1. The number of nitrogens with one attached hydrogen (secondary N) is 1. The number of benzene rings is 2. The Balaban J connectivity index is 1.67. The van der Waals surface area contributed by atoms with Crippen LogP contribution in [0.25, 0.3) is 21.9 Å². The molecule has 8 heteroatoms. The van der Waals surface area contributed by atoms with Crippen molar-refractivity contribution in [2.24, 2.45) is 0 Å². The molecule has 0 amide bonds. The zero-order valence-corrected chi connectivity index (χ0v) is 17.7. The quantitative estimate of drug-likeness (QED) is 0.666. The smallest absolute Gasteiger partial charge is 0.211 e. The van der Waals surface area contributed by atoms with Crippen LogP contribution in [0, 0.1) is 5.82 Å². The molecule has 0 spiro atoms. The summed E-state index contributed by atoms with van der Waals surface area (Å²) in [5, 5.41) is 5.52. The summed E-state index contributed by atoms with van der Waals surface area (Å²) < 4.78 is 44.3. The van der Waals surface area contributed by atoms with Gasteiger partial charge in [-0.2, -0.15) is 0 Å². The minimum atomic E-state index is -3.16. The van der Waals surface area contributed by atoms with Crippen LogP contribution in [0.3, 0.4) is 0 Å². The second kappa shape index (κ2) is 8.20. The number of pyridine rings is 1. The Morgan fingerprint density at radius 1 is 1.13 bits per heavy atom. The van der Waals surface area contributed by atoms with E-state index in [-0.39, 0.29) is 11.9 Å². The summed E-state index contributed by atoms with van der Waals surface area (Å²) in [6, 6.07) is 10.7. The second-order valence-corrected chi connectivity index (χ2v) is 9.56. The van der Waals surface area contributed by atoms with Crippen LogP contribution in [-0.2, 0) is 10.0 Å². The fourth-order valence-corrected chi connectivity index (χ4v) is 4.76. The van der Waals surface area contributed by atoms with Gasteiger partial charge in [0, 0.05) is 48.7 Å². The first-order valence-electron chi connectivity index (χ1n) is 9.78. The van der Waals surface area contributed by atoms with Gasteiger partial charge < -0.3 is 10.1 Å². The van der Waals surface area contributed by atoms with E-state index in [0.717, 1.165) is 27.6 Å². The average molecular weight is 430 g/mol. The van der Waals surface area contributed by atoms with Gasteiger partial charge in [-0.25, -0.2) is 17.1 Å². The Hall–Kier alpha value is -2.71. The maximum Gasteiger partial charge on any atom is 0.211 e. The highest BCUT2D eigenvalue weighted by atomic mass is 32.2. The summed E-state index contributed by atoms with van der Waals surface area (Å²) in [6.07, 6.45) is 6.21. The van der Waals surface area contributed by atoms with Crippen LogP contribution in [0.1, 0.15) is 12.8 Å². The highest BCUT2D eigenvalue weighted by Gasteiger charge is 2.25. The molecule has 30 heavy (non-hydrogen) atoms. The molecule has 2 heterocycles. The maximum absolute atomic E-state index is 14.1. The van der Waals surface area contributed by atoms with E-state index < -0.39 is 10.0 Å². The molecule has 6 nitrogen and oxygen atoms in total. The number of aromatic nitrogens is 1. The molecule has 0 radical (unpaired) electrons. The molecule has 3 aromatic rings. The minimum absolute atomic E-state index is 0.142. The number of piperidine rings is 1. The van der Waals surface area contributed by atoms with Gasteiger partial charge in [-0.1, -0.05) is 0 Å². The van der Waals surface area contributed by atoms with Crippen LogP contribution in [-0.4, -0.2) is 50.2 Å². The lowest BCUT2D eigenvalue weighted by Gasteiger charge is -2.31. The highest BCUT2D eigenvalue weighted by Crippen LogP contribution is 2.33. The van der Waals surface area contributed by atoms with Crippen LogP contribution >= 0.6 is 0 Å². The number of ether oxygens (including phenoxy) is 1. The van der Waals surface area contributed by atoms with Gasteiger partial charge in [0.05, 0.1) is 13.4 Å². The predicted molar refractivity (Wildman–Crippen MR) is 117 cm³/mol. The topological polar surface area (TPSA) is 71.5 Å². The molecule has 1 saturated heterocycles. The Labute approximate surface area is 175 Å². The van der Waals surface area contributed by atoms with Crippen molar-refractivity contribution in [3.8, 4) is 16.9 Å². The molecule has 4 rings (SSSR count). The summed E-state index contributed by atoms with van der Waals surface area (Å²) in [5.41, 5.74) is 2.49. The van der Waals surface area contributed by atoms with Crippen molar-refractivity contribution < 1.29 is 17.5 Å². The fourth-order valence-electron chi connectivity index (χ4n) is 3.88. The predicted octanol–water partition coefficient (Wildman–Crippen LogP) is 3.89. The molecule has 158 valence electrons. The van der Waals surface area contributed by atoms with Crippen LogP contribution in [0.2, 0.25) is 0 Å². The number of hydrogen-bond acceptors (Lipinski definition) is 5. The monoisotopic (exact) mass is 429 g/mol. The molecule has 0 atom stereocenters. The Bertz CT molecular complexity index is 1180. The van der Waals surface area contributed by atoms with E-state index in [1.807, 2.05) is 18.2 Å². The van der Waals surface area contributed by atoms with Crippen LogP contribution in [0.15, 0.2) is 48.8 Å². The normalized spacial score (nSPS) is 16.0.